The van der Waals surface area contributed by atoms with Crippen molar-refractivity contribution in [1.82, 2.24) is 24.6 Å². The third kappa shape index (κ3) is 3.47. The van der Waals surface area contributed by atoms with E-state index < -0.39 is 0 Å². The third-order valence-corrected chi connectivity index (χ3v) is 4.44. The Balaban J connectivity index is 2.27. The Kier molecular flexibility index (Phi) is 5.41. The number of nitrogens with zero attached hydrogens (tertiary/aromatic N) is 5. The lowest BCUT2D eigenvalue weighted by molar-refractivity contribution is 0.242. The van der Waals surface area contributed by atoms with E-state index in [1.807, 2.05) is 25.9 Å². The molecule has 116 valence electrons. The molecule has 1 N–H and O–H groups in total. The van der Waals surface area contributed by atoms with Gasteiger partial charge in [0, 0.05) is 25.9 Å². The minimum absolute atomic E-state index is 0.545. The van der Waals surface area contributed by atoms with Gasteiger partial charge in [-0.1, -0.05) is 6.92 Å². The molecule has 7 heteroatoms. The monoisotopic (exact) mass is 308 g/mol. The van der Waals surface area contributed by atoms with Crippen LogP contribution < -0.4 is 5.32 Å². The second kappa shape index (κ2) is 7.09. The summed E-state index contributed by atoms with van der Waals surface area (Å²) >= 11 is 1.88. The van der Waals surface area contributed by atoms with Crippen LogP contribution in [0.1, 0.15) is 19.2 Å². The van der Waals surface area contributed by atoms with Crippen LogP contribution in [-0.2, 0) is 13.6 Å². The van der Waals surface area contributed by atoms with Gasteiger partial charge in [-0.3, -0.25) is 9.58 Å². The van der Waals surface area contributed by atoms with Gasteiger partial charge in [-0.05, 0) is 19.7 Å². The van der Waals surface area contributed by atoms with E-state index in [1.165, 1.54) is 0 Å². The summed E-state index contributed by atoms with van der Waals surface area (Å²) in [5.74, 6) is 2.80. The van der Waals surface area contributed by atoms with Gasteiger partial charge in [0.1, 0.15) is 11.6 Å². The number of aromatic nitrogens is 4. The molecule has 0 saturated carbocycles. The van der Waals surface area contributed by atoms with Crippen LogP contribution >= 0.6 is 11.8 Å². The van der Waals surface area contributed by atoms with Gasteiger partial charge in [-0.2, -0.15) is 16.9 Å². The van der Waals surface area contributed by atoms with Crippen LogP contribution in [0.15, 0.2) is 6.20 Å². The SMILES string of the molecule is CCC(CSC)N(C)Cc1nc(NC)c2cnn(C)c2n1. The average Bonchev–Trinajstić information content (AvgIpc) is 2.85. The molecule has 6 nitrogen and oxygen atoms in total. The van der Waals surface area contributed by atoms with Crippen molar-refractivity contribution >= 4 is 28.6 Å². The predicted octanol–water partition coefficient (Wildman–Crippen LogP) is 1.98. The van der Waals surface area contributed by atoms with Crippen molar-refractivity contribution in [2.45, 2.75) is 25.9 Å². The van der Waals surface area contributed by atoms with Gasteiger partial charge >= 0.3 is 0 Å². The van der Waals surface area contributed by atoms with Crippen LogP contribution in [0, 0.1) is 0 Å². The highest BCUT2D eigenvalue weighted by Crippen LogP contribution is 2.20. The number of fused-ring (bicyclic) bond motifs is 1. The van der Waals surface area contributed by atoms with Crippen molar-refractivity contribution < 1.29 is 0 Å². The van der Waals surface area contributed by atoms with Crippen LogP contribution in [0.25, 0.3) is 11.0 Å². The Morgan fingerprint density at radius 1 is 1.43 bits per heavy atom. The molecule has 0 amide bonds. The minimum atomic E-state index is 0.545. The molecule has 0 fully saturated rings. The van der Waals surface area contributed by atoms with Crippen molar-refractivity contribution in [3.05, 3.63) is 12.0 Å². The van der Waals surface area contributed by atoms with Crippen molar-refractivity contribution in [2.24, 2.45) is 7.05 Å². The normalized spacial score (nSPS) is 13.0. The zero-order valence-corrected chi connectivity index (χ0v) is 14.2. The van der Waals surface area contributed by atoms with Crippen molar-refractivity contribution in [3.63, 3.8) is 0 Å². The number of thioether (sulfide) groups is 1. The molecule has 0 aliphatic carbocycles. The number of hydrogen-bond acceptors (Lipinski definition) is 6. The molecule has 0 aromatic carbocycles. The average molecular weight is 308 g/mol. The number of aryl methyl sites for hydroxylation is 1. The Labute approximate surface area is 130 Å². The third-order valence-electron chi connectivity index (χ3n) is 3.72. The molecule has 0 saturated heterocycles. The smallest absolute Gasteiger partial charge is 0.163 e. The zero-order valence-electron chi connectivity index (χ0n) is 13.4. The number of anilines is 1. The van der Waals surface area contributed by atoms with Crippen molar-refractivity contribution in [1.29, 1.82) is 0 Å². The molecule has 0 bridgehead atoms. The molecular weight excluding hydrogens is 284 g/mol. The van der Waals surface area contributed by atoms with E-state index in [-0.39, 0.29) is 0 Å². The molecule has 0 aliphatic heterocycles. The summed E-state index contributed by atoms with van der Waals surface area (Å²) in [5.41, 5.74) is 0.871. The molecule has 0 aliphatic rings. The molecule has 2 rings (SSSR count). The Bertz CT molecular complexity index is 596. The number of hydrogen-bond donors (Lipinski definition) is 1. The van der Waals surface area contributed by atoms with Crippen LogP contribution in [0.5, 0.6) is 0 Å². The standard InChI is InChI=1S/C14H24N6S/c1-6-10(9-21-5)19(3)8-12-17-13(15-2)11-7-16-20(4)14(11)18-12/h7,10H,6,8-9H2,1-5H3,(H,15,17,18). The van der Waals surface area contributed by atoms with E-state index in [0.717, 1.165) is 41.4 Å². The highest BCUT2D eigenvalue weighted by atomic mass is 32.2. The molecule has 21 heavy (non-hydrogen) atoms. The lowest BCUT2D eigenvalue weighted by Gasteiger charge is -2.25. The van der Waals surface area contributed by atoms with E-state index in [4.69, 9.17) is 0 Å². The zero-order chi connectivity index (χ0) is 15.4. The van der Waals surface area contributed by atoms with Gasteiger partial charge < -0.3 is 5.32 Å². The molecule has 1 unspecified atom stereocenters. The first-order valence-electron chi connectivity index (χ1n) is 7.16. The number of nitrogens with one attached hydrogen (secondary N) is 1. The van der Waals surface area contributed by atoms with E-state index in [9.17, 15) is 0 Å². The fourth-order valence-corrected chi connectivity index (χ4v) is 3.30. The first-order chi connectivity index (χ1) is 10.1. The van der Waals surface area contributed by atoms with E-state index in [0.29, 0.717) is 6.04 Å². The van der Waals surface area contributed by atoms with E-state index in [1.54, 1.807) is 10.9 Å². The number of rotatable bonds is 7. The Hall–Kier alpha value is -1.34. The van der Waals surface area contributed by atoms with Gasteiger partial charge in [0.25, 0.3) is 0 Å². The second-order valence-corrected chi connectivity index (χ2v) is 6.09. The van der Waals surface area contributed by atoms with Crippen LogP contribution in [0.4, 0.5) is 5.82 Å². The Morgan fingerprint density at radius 3 is 2.81 bits per heavy atom. The van der Waals surface area contributed by atoms with Crippen LogP contribution in [-0.4, -0.2) is 56.8 Å². The van der Waals surface area contributed by atoms with Crippen LogP contribution in [0.3, 0.4) is 0 Å². The fourth-order valence-electron chi connectivity index (χ4n) is 2.43. The maximum Gasteiger partial charge on any atom is 0.163 e. The molecule has 0 radical (unpaired) electrons. The second-order valence-electron chi connectivity index (χ2n) is 5.18. The lowest BCUT2D eigenvalue weighted by Crippen LogP contribution is -2.33. The highest BCUT2D eigenvalue weighted by Gasteiger charge is 2.16. The topological polar surface area (TPSA) is 58.9 Å². The minimum Gasteiger partial charge on any atom is -0.372 e. The fraction of sp³-hybridized carbons (Fsp3) is 0.643. The quantitative estimate of drug-likeness (QED) is 0.844. The summed E-state index contributed by atoms with van der Waals surface area (Å²) in [4.78, 5) is 11.6. The van der Waals surface area contributed by atoms with E-state index >= 15 is 0 Å². The first kappa shape index (κ1) is 16.0. The molecule has 2 aromatic rings. The van der Waals surface area contributed by atoms with Crippen LogP contribution in [0.2, 0.25) is 0 Å². The maximum absolute atomic E-state index is 4.66. The molecule has 2 aromatic heterocycles. The molecule has 2 heterocycles. The highest BCUT2D eigenvalue weighted by molar-refractivity contribution is 7.98. The largest absolute Gasteiger partial charge is 0.372 e. The summed E-state index contributed by atoms with van der Waals surface area (Å²) in [7, 11) is 5.93. The molecular formula is C14H24N6S. The lowest BCUT2D eigenvalue weighted by atomic mass is 10.2. The summed E-state index contributed by atoms with van der Waals surface area (Å²) in [6, 6.07) is 0.545. The van der Waals surface area contributed by atoms with Gasteiger partial charge in [-0.15, -0.1) is 0 Å². The van der Waals surface area contributed by atoms with E-state index in [2.05, 4.69) is 45.5 Å². The van der Waals surface area contributed by atoms with Gasteiger partial charge in [0.15, 0.2) is 5.65 Å². The molecule has 0 spiro atoms. The van der Waals surface area contributed by atoms with Gasteiger partial charge in [0.2, 0.25) is 0 Å². The summed E-state index contributed by atoms with van der Waals surface area (Å²) < 4.78 is 1.79. The van der Waals surface area contributed by atoms with Crippen molar-refractivity contribution in [2.75, 3.05) is 31.4 Å². The maximum atomic E-state index is 4.66. The van der Waals surface area contributed by atoms with Gasteiger partial charge in [0.05, 0.1) is 18.1 Å². The predicted molar refractivity (Wildman–Crippen MR) is 89.8 cm³/mol. The summed E-state index contributed by atoms with van der Waals surface area (Å²) in [5, 5.41) is 8.36. The Morgan fingerprint density at radius 2 is 2.19 bits per heavy atom. The molecule has 1 atom stereocenters. The first-order valence-corrected chi connectivity index (χ1v) is 8.55. The summed E-state index contributed by atoms with van der Waals surface area (Å²) in [6.45, 7) is 2.97. The summed E-state index contributed by atoms with van der Waals surface area (Å²) in [6.07, 6.45) is 5.08. The van der Waals surface area contributed by atoms with Gasteiger partial charge in [-0.25, -0.2) is 9.97 Å². The van der Waals surface area contributed by atoms with Crippen molar-refractivity contribution in [3.8, 4) is 0 Å².